The van der Waals surface area contributed by atoms with Gasteiger partial charge in [-0.3, -0.25) is 0 Å². The monoisotopic (exact) mass is 738 g/mol. The van der Waals surface area contributed by atoms with E-state index in [0.717, 1.165) is 0 Å². The van der Waals surface area contributed by atoms with E-state index >= 15 is 0 Å². The van der Waals surface area contributed by atoms with Crippen molar-refractivity contribution in [1.29, 1.82) is 0 Å². The van der Waals surface area contributed by atoms with Crippen LogP contribution in [0.25, 0.3) is 53.6 Å². The first-order chi connectivity index (χ1) is 27.4. The van der Waals surface area contributed by atoms with Gasteiger partial charge in [-0.25, -0.2) is 0 Å². The maximum atomic E-state index is 2.45. The molecule has 1 heteroatoms. The fourth-order valence-corrected chi connectivity index (χ4v) is 10.3. The van der Waals surface area contributed by atoms with Crippen LogP contribution in [0.3, 0.4) is 0 Å². The minimum atomic E-state index is -0.398. The normalized spacial score (nSPS) is 12.8. The van der Waals surface area contributed by atoms with Crippen LogP contribution in [-0.4, -0.2) is 0 Å². The van der Waals surface area contributed by atoms with E-state index in [0.29, 0.717) is 11.8 Å². The van der Waals surface area contributed by atoms with Crippen molar-refractivity contribution in [2.75, 3.05) is 0 Å². The smallest absolute Gasteiger partial charge is 0.0713 e. The van der Waals surface area contributed by atoms with E-state index < -0.39 is 5.41 Å². The minimum Gasteiger partial charge on any atom is -0.135 e. The van der Waals surface area contributed by atoms with Gasteiger partial charge >= 0.3 is 0 Å². The van der Waals surface area contributed by atoms with Gasteiger partial charge in [0.1, 0.15) is 0 Å². The summed E-state index contributed by atoms with van der Waals surface area (Å²) in [6.45, 7) is 9.00. The molecule has 0 unspecified atom stereocenters. The molecule has 0 aliphatic heterocycles. The van der Waals surface area contributed by atoms with Gasteiger partial charge in [0.2, 0.25) is 0 Å². The Bertz CT molecular complexity index is 2740. The van der Waals surface area contributed by atoms with Crippen LogP contribution in [0, 0.1) is 0 Å². The van der Waals surface area contributed by atoms with Gasteiger partial charge in [-0.1, -0.05) is 204 Å². The highest BCUT2D eigenvalue weighted by atomic mass is 32.1. The number of thiophene rings is 1. The number of hydrogen-bond donors (Lipinski definition) is 0. The molecule has 0 radical (unpaired) electrons. The van der Waals surface area contributed by atoms with E-state index in [2.05, 4.69) is 222 Å². The van der Waals surface area contributed by atoms with Gasteiger partial charge in [-0.2, -0.15) is 0 Å². The second kappa shape index (κ2) is 14.9. The van der Waals surface area contributed by atoms with E-state index in [1.54, 1.807) is 0 Å². The molecule has 0 spiro atoms. The van der Waals surface area contributed by atoms with Crippen molar-refractivity contribution in [3.05, 3.63) is 228 Å². The van der Waals surface area contributed by atoms with Crippen molar-refractivity contribution in [3.63, 3.8) is 0 Å². The van der Waals surface area contributed by atoms with Crippen LogP contribution in [0.1, 0.15) is 72.9 Å². The number of fused-ring (bicyclic) bond motifs is 6. The summed E-state index contributed by atoms with van der Waals surface area (Å²) < 4.78 is 2.69. The average Bonchev–Trinajstić information content (AvgIpc) is 3.78. The van der Waals surface area contributed by atoms with Gasteiger partial charge in [0.05, 0.1) is 5.41 Å². The molecule has 1 aliphatic rings. The summed E-state index contributed by atoms with van der Waals surface area (Å²) in [6.07, 6.45) is 0. The summed E-state index contributed by atoms with van der Waals surface area (Å²) in [7, 11) is 0. The summed E-state index contributed by atoms with van der Waals surface area (Å²) in [5, 5.41) is 2.67. The van der Waals surface area contributed by atoms with Gasteiger partial charge in [-0.15, -0.1) is 11.3 Å². The number of hydrogen-bond acceptors (Lipinski definition) is 1. The lowest BCUT2D eigenvalue weighted by Crippen LogP contribution is -2.28. The maximum Gasteiger partial charge on any atom is 0.0713 e. The van der Waals surface area contributed by atoms with Crippen molar-refractivity contribution in [1.82, 2.24) is 0 Å². The van der Waals surface area contributed by atoms with E-state index in [4.69, 9.17) is 0 Å². The van der Waals surface area contributed by atoms with Crippen molar-refractivity contribution in [2.24, 2.45) is 0 Å². The third kappa shape index (κ3) is 6.08. The van der Waals surface area contributed by atoms with E-state index in [1.807, 2.05) is 11.3 Å². The molecule has 8 aromatic carbocycles. The zero-order valence-corrected chi connectivity index (χ0v) is 33.4. The van der Waals surface area contributed by atoms with Crippen LogP contribution in [0.4, 0.5) is 0 Å². The molecule has 0 atom stereocenters. The Morgan fingerprint density at radius 3 is 1.59 bits per heavy atom. The topological polar surface area (TPSA) is 0 Å². The van der Waals surface area contributed by atoms with E-state index in [-0.39, 0.29) is 0 Å². The largest absolute Gasteiger partial charge is 0.135 e. The number of rotatable bonds is 6. The van der Waals surface area contributed by atoms with Crippen molar-refractivity contribution in [2.45, 2.75) is 44.9 Å². The van der Waals surface area contributed by atoms with Crippen molar-refractivity contribution < 1.29 is 0 Å². The molecule has 0 saturated heterocycles. The molecule has 0 amide bonds. The first-order valence-electron chi connectivity index (χ1n) is 19.9. The SMILES string of the molecule is CC(C)c1ccccc1C(C)C.c1ccc(C2(c3ccccc3)c3ccccc3-c3ccc(-c4cccc(-c5cccc6c5sc5ccccc56)c4)cc32)cc1. The predicted octanol–water partition coefficient (Wildman–Crippen LogP) is 15.7. The van der Waals surface area contributed by atoms with Gasteiger partial charge in [0.25, 0.3) is 0 Å². The molecule has 0 nitrogen and oxygen atoms in total. The van der Waals surface area contributed by atoms with E-state index in [9.17, 15) is 0 Å². The lowest BCUT2D eigenvalue weighted by molar-refractivity contribution is 0.769. The minimum absolute atomic E-state index is 0.398. The molecule has 0 fully saturated rings. The third-order valence-electron chi connectivity index (χ3n) is 11.6. The second-order valence-corrected chi connectivity index (χ2v) is 16.6. The molecule has 0 bridgehead atoms. The summed E-state index contributed by atoms with van der Waals surface area (Å²) in [6, 6.07) is 71.4. The lowest BCUT2D eigenvalue weighted by Gasteiger charge is -2.34. The molecule has 0 N–H and O–H groups in total. The highest BCUT2D eigenvalue weighted by Gasteiger charge is 2.46. The Kier molecular flexibility index (Phi) is 9.49. The molecule has 272 valence electrons. The molecule has 1 aliphatic carbocycles. The quantitative estimate of drug-likeness (QED) is 0.159. The van der Waals surface area contributed by atoms with Gasteiger partial charge < -0.3 is 0 Å². The first-order valence-corrected chi connectivity index (χ1v) is 20.7. The molecule has 1 aromatic heterocycles. The summed E-state index contributed by atoms with van der Waals surface area (Å²) in [5.41, 5.74) is 15.5. The van der Waals surface area contributed by atoms with Crippen LogP contribution in [0.2, 0.25) is 0 Å². The lowest BCUT2D eigenvalue weighted by atomic mass is 9.67. The Hall–Kier alpha value is -6.02. The summed E-state index contributed by atoms with van der Waals surface area (Å²) in [4.78, 5) is 0. The molecule has 1 heterocycles. The van der Waals surface area contributed by atoms with Crippen molar-refractivity contribution in [3.8, 4) is 33.4 Å². The molecular formula is C55H46S. The van der Waals surface area contributed by atoms with Crippen LogP contribution in [0.5, 0.6) is 0 Å². The average molecular weight is 739 g/mol. The fraction of sp³-hybridized carbons (Fsp3) is 0.127. The predicted molar refractivity (Wildman–Crippen MR) is 242 cm³/mol. The van der Waals surface area contributed by atoms with Crippen LogP contribution < -0.4 is 0 Å². The van der Waals surface area contributed by atoms with Gasteiger partial charge in [0.15, 0.2) is 0 Å². The first kappa shape index (κ1) is 35.7. The Labute approximate surface area is 335 Å². The summed E-state index contributed by atoms with van der Waals surface area (Å²) >= 11 is 1.89. The Morgan fingerprint density at radius 2 is 0.893 bits per heavy atom. The van der Waals surface area contributed by atoms with Crippen molar-refractivity contribution >= 4 is 31.5 Å². The standard InChI is InChI=1S/C43H28S.C12H18/c1-3-15-32(16-4-1)43(33-17-5-2-6-18-33)39-23-9-7-19-35(39)36-26-25-30(28-40(36)43)29-13-11-14-31(27-29)34-21-12-22-38-37-20-8-10-24-41(37)44-42(34)38;1-9(2)11-7-5-6-8-12(11)10(3)4/h1-28H;5-10H,1-4H3. The Morgan fingerprint density at radius 1 is 0.375 bits per heavy atom. The zero-order valence-electron chi connectivity index (χ0n) is 32.5. The molecule has 10 rings (SSSR count). The Balaban J connectivity index is 0.000000295. The van der Waals surface area contributed by atoms with Crippen LogP contribution in [0.15, 0.2) is 194 Å². The molecule has 0 saturated carbocycles. The second-order valence-electron chi connectivity index (χ2n) is 15.6. The third-order valence-corrected chi connectivity index (χ3v) is 12.8. The van der Waals surface area contributed by atoms with Crippen LogP contribution in [-0.2, 0) is 5.41 Å². The maximum absolute atomic E-state index is 2.45. The number of benzene rings is 8. The highest BCUT2D eigenvalue weighted by Crippen LogP contribution is 2.56. The van der Waals surface area contributed by atoms with E-state index in [1.165, 1.54) is 86.9 Å². The molecular weight excluding hydrogens is 693 g/mol. The summed E-state index contributed by atoms with van der Waals surface area (Å²) in [5.74, 6) is 1.28. The van der Waals surface area contributed by atoms with Gasteiger partial charge in [0, 0.05) is 20.2 Å². The highest BCUT2D eigenvalue weighted by molar-refractivity contribution is 7.26. The molecule has 56 heavy (non-hydrogen) atoms. The fourth-order valence-electron chi connectivity index (χ4n) is 9.03. The zero-order chi connectivity index (χ0) is 38.2. The molecule has 9 aromatic rings. The van der Waals surface area contributed by atoms with Gasteiger partial charge in [-0.05, 0) is 96.8 Å². The van der Waals surface area contributed by atoms with Crippen LogP contribution >= 0.6 is 11.3 Å².